The molecule has 1 aliphatic heterocycles. The molecule has 26 heavy (non-hydrogen) atoms. The van der Waals surface area contributed by atoms with E-state index in [1.165, 1.54) is 15.4 Å². The molecule has 4 rings (SSSR count). The van der Waals surface area contributed by atoms with Crippen LogP contribution in [0.15, 0.2) is 48.5 Å². The highest BCUT2D eigenvalue weighted by molar-refractivity contribution is 7.18. The maximum Gasteiger partial charge on any atom is 0.120 e. The zero-order valence-electron chi connectivity index (χ0n) is 15.4. The Bertz CT molecular complexity index is 837. The summed E-state index contributed by atoms with van der Waals surface area (Å²) in [6.07, 6.45) is 1.03. The third kappa shape index (κ3) is 3.69. The highest BCUT2D eigenvalue weighted by atomic mass is 32.1. The summed E-state index contributed by atoms with van der Waals surface area (Å²) in [5.74, 6) is 0.925. The number of methoxy groups -OCH3 is 1. The van der Waals surface area contributed by atoms with Gasteiger partial charge in [0, 0.05) is 50.4 Å². The first-order valence-electron chi connectivity index (χ1n) is 9.20. The number of anilines is 1. The molecule has 0 bridgehead atoms. The number of hydrogen-bond acceptors (Lipinski definition) is 5. The molecule has 0 radical (unpaired) electrons. The summed E-state index contributed by atoms with van der Waals surface area (Å²) in [6, 6.07) is 17.3. The van der Waals surface area contributed by atoms with E-state index in [2.05, 4.69) is 59.2 Å². The molecule has 3 aromatic rings. The van der Waals surface area contributed by atoms with Gasteiger partial charge in [-0.05, 0) is 31.2 Å². The van der Waals surface area contributed by atoms with Crippen LogP contribution in [0.5, 0.6) is 5.75 Å². The topological polar surface area (TPSA) is 28.6 Å². The normalized spacial score (nSPS) is 16.8. The van der Waals surface area contributed by atoms with Crippen molar-refractivity contribution in [2.45, 2.75) is 19.4 Å². The summed E-state index contributed by atoms with van der Waals surface area (Å²) in [5, 5.41) is 1.24. The Hall–Kier alpha value is -2.11. The Labute approximate surface area is 159 Å². The molecule has 1 aliphatic rings. The van der Waals surface area contributed by atoms with E-state index >= 15 is 0 Å². The molecule has 5 heteroatoms. The molecule has 1 aromatic heterocycles. The average molecular weight is 368 g/mol. The lowest BCUT2D eigenvalue weighted by Crippen LogP contribution is -2.50. The smallest absolute Gasteiger partial charge is 0.120 e. The predicted octanol–water partition coefficient (Wildman–Crippen LogP) is 4.06. The van der Waals surface area contributed by atoms with Crippen LogP contribution in [-0.4, -0.2) is 49.2 Å². The largest absolute Gasteiger partial charge is 0.497 e. The van der Waals surface area contributed by atoms with E-state index in [9.17, 15) is 0 Å². The first-order valence-corrected chi connectivity index (χ1v) is 10.0. The van der Waals surface area contributed by atoms with Gasteiger partial charge < -0.3 is 9.64 Å². The number of rotatable bonds is 5. The molecule has 1 saturated heterocycles. The molecular formula is C21H25N3OS. The predicted molar refractivity (Wildman–Crippen MR) is 110 cm³/mol. The summed E-state index contributed by atoms with van der Waals surface area (Å²) >= 11 is 1.83. The summed E-state index contributed by atoms with van der Waals surface area (Å²) < 4.78 is 6.64. The Kier molecular flexibility index (Phi) is 5.09. The second-order valence-electron chi connectivity index (χ2n) is 6.85. The number of benzene rings is 2. The first kappa shape index (κ1) is 17.3. The van der Waals surface area contributed by atoms with Crippen molar-refractivity contribution in [1.29, 1.82) is 0 Å². The molecule has 1 unspecified atom stereocenters. The molecule has 0 amide bonds. The van der Waals surface area contributed by atoms with Crippen molar-refractivity contribution in [2.24, 2.45) is 0 Å². The van der Waals surface area contributed by atoms with Crippen LogP contribution in [0.2, 0.25) is 0 Å². The van der Waals surface area contributed by atoms with Crippen LogP contribution in [-0.2, 0) is 6.42 Å². The average Bonchev–Trinajstić information content (AvgIpc) is 3.10. The van der Waals surface area contributed by atoms with Gasteiger partial charge in [-0.3, -0.25) is 4.90 Å². The van der Waals surface area contributed by atoms with E-state index in [-0.39, 0.29) is 0 Å². The van der Waals surface area contributed by atoms with Gasteiger partial charge in [-0.1, -0.05) is 18.2 Å². The molecule has 0 spiro atoms. The fraction of sp³-hybridized carbons (Fsp3) is 0.381. The summed E-state index contributed by atoms with van der Waals surface area (Å²) in [4.78, 5) is 9.83. The van der Waals surface area contributed by atoms with Gasteiger partial charge in [0.05, 0.1) is 22.3 Å². The van der Waals surface area contributed by atoms with Crippen LogP contribution in [0.1, 0.15) is 11.9 Å². The molecule has 1 atom stereocenters. The molecule has 0 aliphatic carbocycles. The van der Waals surface area contributed by atoms with E-state index < -0.39 is 0 Å². The minimum atomic E-state index is 0.517. The maximum absolute atomic E-state index is 5.35. The molecule has 1 fully saturated rings. The van der Waals surface area contributed by atoms with Gasteiger partial charge >= 0.3 is 0 Å². The highest BCUT2D eigenvalue weighted by Gasteiger charge is 2.22. The fourth-order valence-corrected chi connectivity index (χ4v) is 4.70. The van der Waals surface area contributed by atoms with Gasteiger partial charge in [0.2, 0.25) is 0 Å². The number of nitrogens with zero attached hydrogens (tertiary/aromatic N) is 3. The SMILES string of the molecule is COc1cccc(N2CCN(C(C)Cc3nc4ccccc4s3)CC2)c1. The number of fused-ring (bicyclic) bond motifs is 1. The van der Waals surface area contributed by atoms with Crippen molar-refractivity contribution in [3.8, 4) is 5.75 Å². The van der Waals surface area contributed by atoms with Crippen molar-refractivity contribution in [1.82, 2.24) is 9.88 Å². The van der Waals surface area contributed by atoms with Crippen molar-refractivity contribution < 1.29 is 4.74 Å². The summed E-state index contributed by atoms with van der Waals surface area (Å²) in [5.41, 5.74) is 2.38. The number of piperazine rings is 1. The van der Waals surface area contributed by atoms with Crippen LogP contribution in [0.25, 0.3) is 10.2 Å². The molecule has 2 heterocycles. The highest BCUT2D eigenvalue weighted by Crippen LogP contribution is 2.25. The zero-order chi connectivity index (χ0) is 17.9. The maximum atomic E-state index is 5.35. The summed E-state index contributed by atoms with van der Waals surface area (Å²) in [7, 11) is 1.72. The third-order valence-corrected chi connectivity index (χ3v) is 6.22. The van der Waals surface area contributed by atoms with Crippen LogP contribution in [0.4, 0.5) is 5.69 Å². The quantitative estimate of drug-likeness (QED) is 0.680. The van der Waals surface area contributed by atoms with Crippen LogP contribution in [0.3, 0.4) is 0 Å². The van der Waals surface area contributed by atoms with Crippen molar-refractivity contribution >= 4 is 27.2 Å². The summed E-state index contributed by atoms with van der Waals surface area (Å²) in [6.45, 7) is 6.61. The van der Waals surface area contributed by atoms with Gasteiger partial charge in [-0.2, -0.15) is 0 Å². The van der Waals surface area contributed by atoms with Crippen LogP contribution in [0, 0.1) is 0 Å². The second kappa shape index (κ2) is 7.64. The van der Waals surface area contributed by atoms with Crippen molar-refractivity contribution in [2.75, 3.05) is 38.2 Å². The van der Waals surface area contributed by atoms with E-state index in [4.69, 9.17) is 9.72 Å². The van der Waals surface area contributed by atoms with Gasteiger partial charge in [0.15, 0.2) is 0 Å². The van der Waals surface area contributed by atoms with E-state index in [1.54, 1.807) is 7.11 Å². The van der Waals surface area contributed by atoms with Crippen LogP contribution < -0.4 is 9.64 Å². The lowest BCUT2D eigenvalue weighted by molar-refractivity contribution is 0.196. The molecule has 136 valence electrons. The number of ether oxygens (including phenoxy) is 1. The minimum absolute atomic E-state index is 0.517. The number of thiazole rings is 1. The minimum Gasteiger partial charge on any atom is -0.497 e. The molecule has 4 nitrogen and oxygen atoms in total. The van der Waals surface area contributed by atoms with E-state index in [0.717, 1.165) is 43.9 Å². The Morgan fingerprint density at radius 3 is 2.65 bits per heavy atom. The van der Waals surface area contributed by atoms with Crippen LogP contribution >= 0.6 is 11.3 Å². The molecule has 0 saturated carbocycles. The molecule has 0 N–H and O–H groups in total. The lowest BCUT2D eigenvalue weighted by Gasteiger charge is -2.39. The first-order chi connectivity index (χ1) is 12.7. The zero-order valence-corrected chi connectivity index (χ0v) is 16.2. The van der Waals surface area contributed by atoms with Crippen molar-refractivity contribution in [3.05, 3.63) is 53.5 Å². The molecule has 2 aromatic carbocycles. The number of hydrogen-bond donors (Lipinski definition) is 0. The lowest BCUT2D eigenvalue weighted by atomic mass is 10.1. The standard InChI is InChI=1S/C21H25N3OS/c1-16(14-21-22-19-8-3-4-9-20(19)26-21)23-10-12-24(13-11-23)17-6-5-7-18(15-17)25-2/h3-9,15-16H,10-14H2,1-2H3. The van der Waals surface area contributed by atoms with Gasteiger partial charge in [-0.15, -0.1) is 11.3 Å². The Morgan fingerprint density at radius 1 is 1.08 bits per heavy atom. The fourth-order valence-electron chi connectivity index (χ4n) is 3.62. The van der Waals surface area contributed by atoms with E-state index in [1.807, 2.05) is 17.4 Å². The number of aromatic nitrogens is 1. The van der Waals surface area contributed by atoms with Crippen molar-refractivity contribution in [3.63, 3.8) is 0 Å². The van der Waals surface area contributed by atoms with E-state index in [0.29, 0.717) is 6.04 Å². The number of para-hydroxylation sites is 1. The monoisotopic (exact) mass is 367 g/mol. The Morgan fingerprint density at radius 2 is 1.88 bits per heavy atom. The Balaban J connectivity index is 1.36. The molecular weight excluding hydrogens is 342 g/mol. The van der Waals surface area contributed by atoms with Gasteiger partial charge in [0.1, 0.15) is 5.75 Å². The van der Waals surface area contributed by atoms with Gasteiger partial charge in [0.25, 0.3) is 0 Å². The third-order valence-electron chi connectivity index (χ3n) is 5.16. The van der Waals surface area contributed by atoms with Gasteiger partial charge in [-0.25, -0.2) is 4.98 Å². The second-order valence-corrected chi connectivity index (χ2v) is 7.97.